The summed E-state index contributed by atoms with van der Waals surface area (Å²) in [7, 11) is 0. The molecule has 0 aromatic heterocycles. The summed E-state index contributed by atoms with van der Waals surface area (Å²) in [5, 5.41) is 0. The summed E-state index contributed by atoms with van der Waals surface area (Å²) < 4.78 is 64.1. The van der Waals surface area contributed by atoms with Crippen molar-refractivity contribution < 1.29 is 22.0 Å². The van der Waals surface area contributed by atoms with Gasteiger partial charge in [-0.15, -0.1) is 0 Å². The van der Waals surface area contributed by atoms with Crippen LogP contribution in [-0.2, 0) is 6.18 Å². The number of hydrogen-bond donors (Lipinski definition) is 2. The molecule has 0 aliphatic rings. The van der Waals surface area contributed by atoms with Crippen LogP contribution in [0, 0.1) is 11.6 Å². The average Bonchev–Trinajstić information content (AvgIpc) is 2.41. The Balaban J connectivity index is 2.37. The molecule has 0 amide bonds. The molecule has 7 heteroatoms. The van der Waals surface area contributed by atoms with E-state index in [1.165, 1.54) is 18.2 Å². The predicted octanol–water partition coefficient (Wildman–Crippen LogP) is 3.54. The molecule has 0 heterocycles. The highest BCUT2D eigenvalue weighted by molar-refractivity contribution is 5.35. The first-order chi connectivity index (χ1) is 9.82. The van der Waals surface area contributed by atoms with Crippen molar-refractivity contribution in [2.75, 3.05) is 0 Å². The van der Waals surface area contributed by atoms with E-state index in [2.05, 4.69) is 5.43 Å². The Kier molecular flexibility index (Phi) is 4.24. The number of hydrazine groups is 1. The molecule has 0 aliphatic heterocycles. The number of hydrogen-bond acceptors (Lipinski definition) is 2. The molecule has 112 valence electrons. The lowest BCUT2D eigenvalue weighted by atomic mass is 9.97. The number of nitrogens with one attached hydrogen (secondary N) is 1. The first kappa shape index (κ1) is 15.4. The second-order valence-electron chi connectivity index (χ2n) is 4.39. The van der Waals surface area contributed by atoms with Crippen LogP contribution < -0.4 is 11.3 Å². The summed E-state index contributed by atoms with van der Waals surface area (Å²) in [5.74, 6) is 3.75. The molecule has 0 bridgehead atoms. The Labute approximate surface area is 117 Å². The van der Waals surface area contributed by atoms with Crippen molar-refractivity contribution in [3.63, 3.8) is 0 Å². The van der Waals surface area contributed by atoms with Crippen LogP contribution in [0.2, 0.25) is 0 Å². The van der Waals surface area contributed by atoms with E-state index >= 15 is 0 Å². The average molecular weight is 302 g/mol. The third-order valence-electron chi connectivity index (χ3n) is 3.01. The zero-order chi connectivity index (χ0) is 15.6. The van der Waals surface area contributed by atoms with E-state index in [9.17, 15) is 22.0 Å². The molecule has 2 aromatic carbocycles. The topological polar surface area (TPSA) is 38.0 Å². The molecule has 0 radical (unpaired) electrons. The molecule has 0 fully saturated rings. The smallest absolute Gasteiger partial charge is 0.271 e. The molecule has 2 aromatic rings. The highest BCUT2D eigenvalue weighted by atomic mass is 19.4. The lowest BCUT2D eigenvalue weighted by Gasteiger charge is -2.18. The minimum absolute atomic E-state index is 0.0404. The lowest BCUT2D eigenvalue weighted by molar-refractivity contribution is -0.137. The Bertz CT molecular complexity index is 622. The van der Waals surface area contributed by atoms with Crippen LogP contribution in [0.1, 0.15) is 22.7 Å². The summed E-state index contributed by atoms with van der Waals surface area (Å²) in [6, 6.07) is 6.17. The van der Waals surface area contributed by atoms with Crippen molar-refractivity contribution in [3.8, 4) is 0 Å². The van der Waals surface area contributed by atoms with Crippen molar-refractivity contribution in [3.05, 3.63) is 70.8 Å². The summed E-state index contributed by atoms with van der Waals surface area (Å²) in [5.41, 5.74) is 1.86. The number of benzene rings is 2. The molecule has 0 spiro atoms. The van der Waals surface area contributed by atoms with Crippen molar-refractivity contribution in [1.29, 1.82) is 0 Å². The summed E-state index contributed by atoms with van der Waals surface area (Å²) >= 11 is 0. The van der Waals surface area contributed by atoms with Crippen LogP contribution >= 0.6 is 0 Å². The standard InChI is InChI=1S/C14H11F5N2/c15-10-5-6-11(12(16)7-10)13(21-20)8-1-3-9(4-2-8)14(17,18)19/h1-7,13,21H,20H2. The van der Waals surface area contributed by atoms with Crippen LogP contribution in [0.4, 0.5) is 22.0 Å². The molecule has 2 rings (SSSR count). The molecular weight excluding hydrogens is 291 g/mol. The van der Waals surface area contributed by atoms with Gasteiger partial charge in [-0.3, -0.25) is 5.84 Å². The van der Waals surface area contributed by atoms with Gasteiger partial charge < -0.3 is 0 Å². The van der Waals surface area contributed by atoms with Crippen molar-refractivity contribution >= 4 is 0 Å². The van der Waals surface area contributed by atoms with Crippen LogP contribution in [0.3, 0.4) is 0 Å². The van der Waals surface area contributed by atoms with Gasteiger partial charge in [-0.25, -0.2) is 14.2 Å². The first-order valence-electron chi connectivity index (χ1n) is 5.91. The molecule has 1 unspecified atom stereocenters. The number of alkyl halides is 3. The number of rotatable bonds is 3. The Morgan fingerprint density at radius 3 is 2.05 bits per heavy atom. The third-order valence-corrected chi connectivity index (χ3v) is 3.01. The van der Waals surface area contributed by atoms with E-state index in [1.54, 1.807) is 0 Å². The minimum atomic E-state index is -4.45. The van der Waals surface area contributed by atoms with Gasteiger partial charge in [0.25, 0.3) is 0 Å². The van der Waals surface area contributed by atoms with Crippen molar-refractivity contribution in [2.45, 2.75) is 12.2 Å². The fourth-order valence-corrected chi connectivity index (χ4v) is 1.97. The zero-order valence-electron chi connectivity index (χ0n) is 10.6. The van der Waals surface area contributed by atoms with E-state index in [0.717, 1.165) is 18.2 Å². The quantitative estimate of drug-likeness (QED) is 0.517. The van der Waals surface area contributed by atoms with Crippen molar-refractivity contribution in [1.82, 2.24) is 5.43 Å². The van der Waals surface area contributed by atoms with Gasteiger partial charge in [0.2, 0.25) is 0 Å². The van der Waals surface area contributed by atoms with Gasteiger partial charge in [-0.1, -0.05) is 18.2 Å². The minimum Gasteiger partial charge on any atom is -0.271 e. The maximum atomic E-state index is 13.7. The highest BCUT2D eigenvalue weighted by Crippen LogP contribution is 2.31. The maximum Gasteiger partial charge on any atom is 0.416 e. The van der Waals surface area contributed by atoms with Gasteiger partial charge in [0.1, 0.15) is 11.6 Å². The Hall–Kier alpha value is -1.99. The molecule has 0 saturated carbocycles. The zero-order valence-corrected chi connectivity index (χ0v) is 10.6. The Morgan fingerprint density at radius 1 is 0.952 bits per heavy atom. The largest absolute Gasteiger partial charge is 0.416 e. The molecular formula is C14H11F5N2. The second kappa shape index (κ2) is 5.79. The molecule has 0 aliphatic carbocycles. The maximum absolute atomic E-state index is 13.7. The van der Waals surface area contributed by atoms with Gasteiger partial charge in [0.05, 0.1) is 11.6 Å². The normalized spacial score (nSPS) is 13.2. The van der Waals surface area contributed by atoms with E-state index < -0.39 is 29.4 Å². The fourth-order valence-electron chi connectivity index (χ4n) is 1.97. The molecule has 21 heavy (non-hydrogen) atoms. The second-order valence-corrected chi connectivity index (χ2v) is 4.39. The van der Waals surface area contributed by atoms with Crippen LogP contribution in [-0.4, -0.2) is 0 Å². The van der Waals surface area contributed by atoms with Crippen LogP contribution in [0.15, 0.2) is 42.5 Å². The van der Waals surface area contributed by atoms with E-state index in [4.69, 9.17) is 5.84 Å². The van der Waals surface area contributed by atoms with Gasteiger partial charge in [-0.2, -0.15) is 13.2 Å². The first-order valence-corrected chi connectivity index (χ1v) is 5.91. The summed E-state index contributed by atoms with van der Waals surface area (Å²) in [6.45, 7) is 0. The molecule has 0 saturated heterocycles. The fraction of sp³-hybridized carbons (Fsp3) is 0.143. The summed E-state index contributed by atoms with van der Waals surface area (Å²) in [4.78, 5) is 0. The van der Waals surface area contributed by atoms with Crippen LogP contribution in [0.25, 0.3) is 0 Å². The highest BCUT2D eigenvalue weighted by Gasteiger charge is 2.30. The number of halogens is 5. The van der Waals surface area contributed by atoms with E-state index in [-0.39, 0.29) is 5.56 Å². The van der Waals surface area contributed by atoms with Gasteiger partial charge in [0.15, 0.2) is 0 Å². The SMILES string of the molecule is NNC(c1ccc(C(F)(F)F)cc1)c1ccc(F)cc1F. The lowest BCUT2D eigenvalue weighted by Crippen LogP contribution is -2.29. The van der Waals surface area contributed by atoms with Crippen LogP contribution in [0.5, 0.6) is 0 Å². The summed E-state index contributed by atoms with van der Waals surface area (Å²) in [6.07, 6.45) is -4.45. The van der Waals surface area contributed by atoms with Gasteiger partial charge in [-0.05, 0) is 23.8 Å². The van der Waals surface area contributed by atoms with Crippen molar-refractivity contribution in [2.24, 2.45) is 5.84 Å². The monoisotopic (exact) mass is 302 g/mol. The third kappa shape index (κ3) is 3.37. The Morgan fingerprint density at radius 2 is 1.57 bits per heavy atom. The van der Waals surface area contributed by atoms with Gasteiger partial charge >= 0.3 is 6.18 Å². The van der Waals surface area contributed by atoms with E-state index in [0.29, 0.717) is 11.6 Å². The number of nitrogens with two attached hydrogens (primary N) is 1. The molecule has 1 atom stereocenters. The molecule has 2 nitrogen and oxygen atoms in total. The van der Waals surface area contributed by atoms with E-state index in [1.807, 2.05) is 0 Å². The predicted molar refractivity (Wildman–Crippen MR) is 67.0 cm³/mol. The molecule has 3 N–H and O–H groups in total. The van der Waals surface area contributed by atoms with Gasteiger partial charge in [0, 0.05) is 11.6 Å².